The molecule has 0 heterocycles. The Morgan fingerprint density at radius 1 is 0.278 bits per heavy atom. The van der Waals surface area contributed by atoms with Gasteiger partial charge in [0.1, 0.15) is 19.3 Å². The molecule has 3 N–H and O–H groups in total. The van der Waals surface area contributed by atoms with Crippen molar-refractivity contribution in [1.82, 2.24) is 0 Å². The molecule has 0 saturated heterocycles. The van der Waals surface area contributed by atoms with Crippen LogP contribution >= 0.6 is 15.6 Å². The van der Waals surface area contributed by atoms with Crippen molar-refractivity contribution in [1.29, 1.82) is 0 Å². The van der Waals surface area contributed by atoms with Gasteiger partial charge >= 0.3 is 39.5 Å². The van der Waals surface area contributed by atoms with Crippen LogP contribution in [0.25, 0.3) is 0 Å². The van der Waals surface area contributed by atoms with Gasteiger partial charge in [-0.25, -0.2) is 9.13 Å². The molecule has 0 saturated carbocycles. The summed E-state index contributed by atoms with van der Waals surface area (Å²) < 4.78 is 68.5. The van der Waals surface area contributed by atoms with E-state index in [1.807, 2.05) is 0 Å². The van der Waals surface area contributed by atoms with E-state index < -0.39 is 97.5 Å². The van der Waals surface area contributed by atoms with Crippen LogP contribution in [0.1, 0.15) is 413 Å². The van der Waals surface area contributed by atoms with Gasteiger partial charge in [0.2, 0.25) is 0 Å². The van der Waals surface area contributed by atoms with Crippen LogP contribution in [-0.4, -0.2) is 96.7 Å². The zero-order chi connectivity index (χ0) is 71.2. The molecular weight excluding hydrogens is 1270 g/mol. The zero-order valence-corrected chi connectivity index (χ0v) is 65.0. The summed E-state index contributed by atoms with van der Waals surface area (Å²) in [4.78, 5) is 72.8. The van der Waals surface area contributed by atoms with E-state index in [2.05, 4.69) is 34.6 Å². The number of rotatable bonds is 78. The summed E-state index contributed by atoms with van der Waals surface area (Å²) in [6.07, 6.45) is 61.3. The average molecular weight is 1420 g/mol. The van der Waals surface area contributed by atoms with Gasteiger partial charge in [-0.1, -0.05) is 362 Å². The van der Waals surface area contributed by atoms with Crippen molar-refractivity contribution in [3.05, 3.63) is 0 Å². The molecule has 0 fully saturated rings. The quantitative estimate of drug-likeness (QED) is 0.0222. The van der Waals surface area contributed by atoms with Crippen molar-refractivity contribution < 1.29 is 80.2 Å². The number of esters is 4. The fraction of sp³-hybridized carbons (Fsp3) is 0.949. The van der Waals surface area contributed by atoms with Gasteiger partial charge in [0, 0.05) is 25.7 Å². The normalized spacial score (nSPS) is 13.9. The van der Waals surface area contributed by atoms with Crippen molar-refractivity contribution in [3.8, 4) is 0 Å². The van der Waals surface area contributed by atoms with E-state index in [-0.39, 0.29) is 25.7 Å². The maximum Gasteiger partial charge on any atom is 0.472 e. The largest absolute Gasteiger partial charge is 0.472 e. The molecule has 2 unspecified atom stereocenters. The monoisotopic (exact) mass is 1420 g/mol. The first-order valence-corrected chi connectivity index (χ1v) is 43.6. The second-order valence-electron chi connectivity index (χ2n) is 28.6. The Bertz CT molecular complexity index is 1860. The number of phosphoric acid groups is 2. The fourth-order valence-electron chi connectivity index (χ4n) is 12.1. The Kier molecular flexibility index (Phi) is 69.6. The highest BCUT2D eigenvalue weighted by Gasteiger charge is 2.30. The smallest absolute Gasteiger partial charge is 0.462 e. The van der Waals surface area contributed by atoms with Crippen LogP contribution in [0.2, 0.25) is 0 Å². The van der Waals surface area contributed by atoms with E-state index in [4.69, 9.17) is 37.0 Å². The molecule has 576 valence electrons. The minimum absolute atomic E-state index is 0.106. The second kappa shape index (κ2) is 71.1. The summed E-state index contributed by atoms with van der Waals surface area (Å²) in [5, 5.41) is 10.6. The third kappa shape index (κ3) is 72.2. The summed E-state index contributed by atoms with van der Waals surface area (Å²) in [6.45, 7) is 7.25. The van der Waals surface area contributed by atoms with Gasteiger partial charge in [0.05, 0.1) is 26.4 Å². The molecule has 0 aromatic rings. The molecule has 0 rings (SSSR count). The first-order valence-electron chi connectivity index (χ1n) is 40.6. The van der Waals surface area contributed by atoms with Crippen molar-refractivity contribution in [2.45, 2.75) is 432 Å². The van der Waals surface area contributed by atoms with Gasteiger partial charge < -0.3 is 33.8 Å². The Morgan fingerprint density at radius 2 is 0.474 bits per heavy atom. The summed E-state index contributed by atoms with van der Waals surface area (Å²) >= 11 is 0. The number of aliphatic hydroxyl groups excluding tert-OH is 1. The molecule has 0 aliphatic heterocycles. The number of hydrogen-bond donors (Lipinski definition) is 3. The number of phosphoric ester groups is 2. The molecule has 0 radical (unpaired) electrons. The Hall–Kier alpha value is -1.94. The standard InChI is InChI=1S/C78H152O17P2/c1-6-9-12-15-18-21-23-25-27-29-30-31-32-33-35-37-39-43-48-53-58-63-77(82)94-74(68-89-76(81)62-57-52-47-42-38-36-34-28-26-24-22-19-16-13-10-7-2)70-93-97(86,87)91-66-72(79)65-90-96(84,85)92-69-73(67-88-75(80)61-56-51-46-20-17-14-11-8-3)95-78(83)64-59-54-49-44-40-41-45-50-55-60-71(4)5/h71-74,79H,6-70H2,1-5H3,(H,84,85)(H,86,87)/t72-,73+,74+/m0/s1. The van der Waals surface area contributed by atoms with Crippen molar-refractivity contribution in [3.63, 3.8) is 0 Å². The van der Waals surface area contributed by atoms with Gasteiger partial charge in [-0.05, 0) is 31.6 Å². The van der Waals surface area contributed by atoms with Crippen LogP contribution in [0.4, 0.5) is 0 Å². The predicted octanol–water partition coefficient (Wildman–Crippen LogP) is 23.3. The van der Waals surface area contributed by atoms with Gasteiger partial charge in [-0.15, -0.1) is 0 Å². The van der Waals surface area contributed by atoms with Gasteiger partial charge in [0.15, 0.2) is 12.2 Å². The molecule has 17 nitrogen and oxygen atoms in total. The summed E-state index contributed by atoms with van der Waals surface area (Å²) in [6, 6.07) is 0. The lowest BCUT2D eigenvalue weighted by Gasteiger charge is -2.21. The summed E-state index contributed by atoms with van der Waals surface area (Å²) in [7, 11) is -9.91. The molecule has 0 aromatic carbocycles. The molecule has 0 amide bonds. The fourth-order valence-corrected chi connectivity index (χ4v) is 13.6. The lowest BCUT2D eigenvalue weighted by molar-refractivity contribution is -0.161. The average Bonchev–Trinajstić information content (AvgIpc) is 1.83. The highest BCUT2D eigenvalue weighted by Crippen LogP contribution is 2.45. The van der Waals surface area contributed by atoms with Gasteiger partial charge in [-0.2, -0.15) is 0 Å². The molecule has 0 aliphatic carbocycles. The maximum atomic E-state index is 13.1. The topological polar surface area (TPSA) is 237 Å². The van der Waals surface area contributed by atoms with Crippen molar-refractivity contribution in [2.75, 3.05) is 39.6 Å². The molecule has 0 aromatic heterocycles. The van der Waals surface area contributed by atoms with Crippen LogP contribution < -0.4 is 0 Å². The molecular formula is C78H152O17P2. The first kappa shape index (κ1) is 95.1. The van der Waals surface area contributed by atoms with Crippen LogP contribution in [0.15, 0.2) is 0 Å². The van der Waals surface area contributed by atoms with E-state index in [1.165, 1.54) is 231 Å². The minimum Gasteiger partial charge on any atom is -0.462 e. The zero-order valence-electron chi connectivity index (χ0n) is 63.2. The molecule has 19 heteroatoms. The lowest BCUT2D eigenvalue weighted by atomic mass is 10.0. The summed E-state index contributed by atoms with van der Waals surface area (Å²) in [5.41, 5.74) is 0. The highest BCUT2D eigenvalue weighted by molar-refractivity contribution is 7.47. The van der Waals surface area contributed by atoms with Crippen LogP contribution in [-0.2, 0) is 65.4 Å². The van der Waals surface area contributed by atoms with E-state index in [1.54, 1.807) is 0 Å². The van der Waals surface area contributed by atoms with Crippen LogP contribution in [0.5, 0.6) is 0 Å². The number of carbonyl (C=O) groups excluding carboxylic acids is 4. The van der Waals surface area contributed by atoms with Crippen molar-refractivity contribution >= 4 is 39.5 Å². The van der Waals surface area contributed by atoms with Gasteiger partial charge in [0.25, 0.3) is 0 Å². The number of unbranched alkanes of at least 4 members (excludes halogenated alkanes) is 50. The van der Waals surface area contributed by atoms with Crippen LogP contribution in [0, 0.1) is 5.92 Å². The maximum absolute atomic E-state index is 13.1. The number of aliphatic hydroxyl groups is 1. The Labute approximate surface area is 594 Å². The lowest BCUT2D eigenvalue weighted by Crippen LogP contribution is -2.30. The second-order valence-corrected chi connectivity index (χ2v) is 31.5. The summed E-state index contributed by atoms with van der Waals surface area (Å²) in [5.74, 6) is -1.38. The third-order valence-electron chi connectivity index (χ3n) is 18.3. The van der Waals surface area contributed by atoms with Gasteiger partial charge in [-0.3, -0.25) is 37.3 Å². The van der Waals surface area contributed by atoms with E-state index in [0.717, 1.165) is 102 Å². The predicted molar refractivity (Wildman–Crippen MR) is 395 cm³/mol. The molecule has 5 atom stereocenters. The van der Waals surface area contributed by atoms with E-state index in [0.29, 0.717) is 25.7 Å². The Balaban J connectivity index is 5.18. The molecule has 0 aliphatic rings. The number of carbonyl (C=O) groups is 4. The number of ether oxygens (including phenoxy) is 4. The third-order valence-corrected chi connectivity index (χ3v) is 20.2. The SMILES string of the molecule is CCCCCCCCCCCCCCCCCCCCCCCC(=O)O[C@H](COC(=O)CCCCCCCCCCCCCCCCCC)COP(=O)(O)OC[C@@H](O)COP(=O)(O)OC[C@@H](COC(=O)CCCCCCCCCC)OC(=O)CCCCCCCCCCCC(C)C. The first-order chi connectivity index (χ1) is 47.0. The van der Waals surface area contributed by atoms with E-state index >= 15 is 0 Å². The number of hydrogen-bond acceptors (Lipinski definition) is 15. The van der Waals surface area contributed by atoms with Crippen LogP contribution in [0.3, 0.4) is 0 Å². The molecule has 0 spiro atoms. The minimum atomic E-state index is -4.96. The van der Waals surface area contributed by atoms with Crippen molar-refractivity contribution in [2.24, 2.45) is 5.92 Å². The van der Waals surface area contributed by atoms with E-state index in [9.17, 15) is 43.2 Å². The molecule has 97 heavy (non-hydrogen) atoms. The highest BCUT2D eigenvalue weighted by atomic mass is 31.2. The Morgan fingerprint density at radius 3 is 0.701 bits per heavy atom. The molecule has 0 bridgehead atoms.